The van der Waals surface area contributed by atoms with E-state index in [9.17, 15) is 9.59 Å². The van der Waals surface area contributed by atoms with Gasteiger partial charge >= 0.3 is 5.97 Å². The van der Waals surface area contributed by atoms with Crippen molar-refractivity contribution in [3.63, 3.8) is 0 Å². The van der Waals surface area contributed by atoms with Crippen LogP contribution in [0.25, 0.3) is 6.08 Å². The molecule has 1 amide bonds. The Balaban J connectivity index is 1.12. The molecule has 0 radical (unpaired) electrons. The molecular formula is C29H25N3O4S. The average molecular weight is 512 g/mol. The maximum absolute atomic E-state index is 13.1. The first-order valence-corrected chi connectivity index (χ1v) is 13.0. The molecule has 0 spiro atoms. The second-order valence-corrected chi connectivity index (χ2v) is 10.1. The Morgan fingerprint density at radius 3 is 2.70 bits per heavy atom. The van der Waals surface area contributed by atoms with Crippen molar-refractivity contribution < 1.29 is 18.7 Å². The first-order valence-electron chi connectivity index (χ1n) is 12.1. The summed E-state index contributed by atoms with van der Waals surface area (Å²) in [4.78, 5) is 28.9. The normalized spacial score (nSPS) is 17.1. The molecule has 6 rings (SSSR count). The van der Waals surface area contributed by atoms with E-state index in [1.807, 2.05) is 18.2 Å². The maximum atomic E-state index is 13.1. The second kappa shape index (κ2) is 10.1. The van der Waals surface area contributed by atoms with Gasteiger partial charge in [-0.2, -0.15) is 0 Å². The lowest BCUT2D eigenvalue weighted by molar-refractivity contribution is -0.128. The number of esters is 1. The maximum Gasteiger partial charge on any atom is 0.336 e. The number of furan rings is 1. The topological polar surface area (TPSA) is 83.8 Å². The number of hydrogen-bond acceptors (Lipinski definition) is 7. The van der Waals surface area contributed by atoms with Crippen LogP contribution in [0.15, 0.2) is 83.5 Å². The smallest absolute Gasteiger partial charge is 0.336 e. The van der Waals surface area contributed by atoms with E-state index in [-0.39, 0.29) is 12.1 Å². The molecule has 7 nitrogen and oxygen atoms in total. The third-order valence-electron chi connectivity index (χ3n) is 6.52. The highest BCUT2D eigenvalue weighted by molar-refractivity contribution is 7.16. The van der Waals surface area contributed by atoms with Gasteiger partial charge in [0.15, 0.2) is 0 Å². The number of rotatable bonds is 6. The summed E-state index contributed by atoms with van der Waals surface area (Å²) in [6, 6.07) is 21.1. The Bertz CT molecular complexity index is 1440. The van der Waals surface area contributed by atoms with E-state index in [0.29, 0.717) is 11.5 Å². The summed E-state index contributed by atoms with van der Waals surface area (Å²) in [5.41, 5.74) is 4.12. The summed E-state index contributed by atoms with van der Waals surface area (Å²) in [5.74, 6) is 0.449. The lowest BCUT2D eigenvalue weighted by Crippen LogP contribution is -2.38. The molecule has 2 aliphatic rings. The molecule has 0 fully saturated rings. The predicted molar refractivity (Wildman–Crippen MR) is 142 cm³/mol. The Kier molecular flexibility index (Phi) is 6.34. The number of nitrogens with one attached hydrogen (secondary N) is 2. The van der Waals surface area contributed by atoms with E-state index in [2.05, 4.69) is 39.8 Å². The molecule has 1 atom stereocenters. The number of anilines is 1. The molecule has 1 unspecified atom stereocenters. The molecule has 4 heterocycles. The number of ether oxygens (including phenoxy) is 1. The van der Waals surface area contributed by atoms with Crippen molar-refractivity contribution in [2.45, 2.75) is 25.7 Å². The van der Waals surface area contributed by atoms with Gasteiger partial charge in [-0.1, -0.05) is 42.5 Å². The van der Waals surface area contributed by atoms with E-state index >= 15 is 0 Å². The number of carbonyl (C=O) groups excluding carboxylic acids is 2. The Labute approximate surface area is 218 Å². The first kappa shape index (κ1) is 23.3. The molecule has 0 saturated heterocycles. The van der Waals surface area contributed by atoms with Crippen LogP contribution >= 0.6 is 11.3 Å². The summed E-state index contributed by atoms with van der Waals surface area (Å²) in [6.45, 7) is 2.68. The number of carbonyl (C=O) groups is 2. The quantitative estimate of drug-likeness (QED) is 0.206. The highest BCUT2D eigenvalue weighted by Gasteiger charge is 2.33. The molecule has 0 saturated carbocycles. The number of nitrogens with zero attached hydrogens (tertiary/aromatic N) is 1. The van der Waals surface area contributed by atoms with Crippen LogP contribution in [0.4, 0.5) is 5.00 Å². The minimum Gasteiger partial charge on any atom is -0.465 e. The Morgan fingerprint density at radius 2 is 1.92 bits per heavy atom. The van der Waals surface area contributed by atoms with Crippen LogP contribution in [-0.4, -0.2) is 23.3 Å². The van der Waals surface area contributed by atoms with Crippen LogP contribution in [0.3, 0.4) is 0 Å². The number of fused-ring (bicyclic) bond motifs is 3. The third kappa shape index (κ3) is 5.07. The van der Waals surface area contributed by atoms with Crippen molar-refractivity contribution in [1.29, 1.82) is 0 Å². The van der Waals surface area contributed by atoms with Crippen molar-refractivity contribution in [2.75, 3.05) is 11.9 Å². The Morgan fingerprint density at radius 1 is 1.08 bits per heavy atom. The fourth-order valence-electron chi connectivity index (χ4n) is 4.73. The zero-order valence-corrected chi connectivity index (χ0v) is 20.8. The standard InChI is InChI=1S/C29H25N3O4S/c33-25(13-12-21-7-4-16-35-21)36-22-10-8-20(9-11-22)27-30-28(34)26-23-14-15-32(17-19-5-2-1-3-6-19)18-24(23)37-29(26)31-27/h1-13,16,27,31H,14-15,17-18H2,(H,30,34)/b13-12+. The molecule has 2 aliphatic heterocycles. The molecule has 186 valence electrons. The van der Waals surface area contributed by atoms with Gasteiger partial charge in [0, 0.05) is 30.6 Å². The van der Waals surface area contributed by atoms with Gasteiger partial charge in [-0.25, -0.2) is 4.79 Å². The van der Waals surface area contributed by atoms with Crippen LogP contribution < -0.4 is 15.4 Å². The minimum atomic E-state index is -0.497. The molecule has 0 aliphatic carbocycles. The fraction of sp³-hybridized carbons (Fsp3) is 0.172. The van der Waals surface area contributed by atoms with Crippen LogP contribution in [0.5, 0.6) is 5.75 Å². The van der Waals surface area contributed by atoms with Crippen molar-refractivity contribution >= 4 is 34.3 Å². The zero-order chi connectivity index (χ0) is 25.2. The molecule has 2 aromatic heterocycles. The van der Waals surface area contributed by atoms with Gasteiger partial charge in [0.05, 0.1) is 11.8 Å². The van der Waals surface area contributed by atoms with Gasteiger partial charge < -0.3 is 19.8 Å². The van der Waals surface area contributed by atoms with E-state index in [1.54, 1.807) is 41.7 Å². The number of amides is 1. The zero-order valence-electron chi connectivity index (χ0n) is 20.0. The van der Waals surface area contributed by atoms with Crippen molar-refractivity contribution in [1.82, 2.24) is 10.2 Å². The summed E-state index contributed by atoms with van der Waals surface area (Å²) in [5, 5.41) is 7.50. The highest BCUT2D eigenvalue weighted by Crippen LogP contribution is 2.41. The summed E-state index contributed by atoms with van der Waals surface area (Å²) >= 11 is 1.67. The predicted octanol–water partition coefficient (Wildman–Crippen LogP) is 5.37. The molecule has 2 aromatic carbocycles. The number of hydrogen-bond donors (Lipinski definition) is 2. The van der Waals surface area contributed by atoms with Crippen LogP contribution in [-0.2, 0) is 24.3 Å². The monoisotopic (exact) mass is 511 g/mol. The Hall–Kier alpha value is -4.14. The summed E-state index contributed by atoms with van der Waals surface area (Å²) < 4.78 is 10.5. The van der Waals surface area contributed by atoms with Gasteiger partial charge in [0.25, 0.3) is 5.91 Å². The van der Waals surface area contributed by atoms with Crippen molar-refractivity contribution in [2.24, 2.45) is 0 Å². The first-order chi connectivity index (χ1) is 18.1. The van der Waals surface area contributed by atoms with Gasteiger partial charge in [0.2, 0.25) is 0 Å². The number of benzene rings is 2. The lowest BCUT2D eigenvalue weighted by atomic mass is 10.00. The van der Waals surface area contributed by atoms with Crippen molar-refractivity contribution in [3.8, 4) is 5.75 Å². The van der Waals surface area contributed by atoms with Crippen LogP contribution in [0, 0.1) is 0 Å². The van der Waals surface area contributed by atoms with E-state index in [1.165, 1.54) is 22.8 Å². The third-order valence-corrected chi connectivity index (χ3v) is 7.67. The average Bonchev–Trinajstić information content (AvgIpc) is 3.56. The van der Waals surface area contributed by atoms with Gasteiger partial charge in [-0.3, -0.25) is 9.69 Å². The highest BCUT2D eigenvalue weighted by atomic mass is 32.1. The van der Waals surface area contributed by atoms with Gasteiger partial charge in [0.1, 0.15) is 22.7 Å². The van der Waals surface area contributed by atoms with Gasteiger partial charge in [-0.05, 0) is 53.5 Å². The molecular weight excluding hydrogens is 486 g/mol. The minimum absolute atomic E-state index is 0.0497. The van der Waals surface area contributed by atoms with E-state index < -0.39 is 5.97 Å². The molecule has 8 heteroatoms. The molecule has 4 aromatic rings. The summed E-state index contributed by atoms with van der Waals surface area (Å²) in [7, 11) is 0. The SMILES string of the molecule is O=C(/C=C/c1ccco1)Oc1ccc(C2NC(=O)c3c(sc4c3CCN(Cc3ccccc3)C4)N2)cc1. The molecule has 2 N–H and O–H groups in total. The van der Waals surface area contributed by atoms with E-state index in [4.69, 9.17) is 9.15 Å². The van der Waals surface area contributed by atoms with Crippen molar-refractivity contribution in [3.05, 3.63) is 112 Å². The fourth-order valence-corrected chi connectivity index (χ4v) is 6.04. The molecule has 0 bridgehead atoms. The second-order valence-electron chi connectivity index (χ2n) is 9.04. The summed E-state index contributed by atoms with van der Waals surface area (Å²) in [6.07, 6.45) is 4.91. The van der Waals surface area contributed by atoms with Crippen LogP contribution in [0.1, 0.15) is 43.9 Å². The van der Waals surface area contributed by atoms with Crippen LogP contribution in [0.2, 0.25) is 0 Å². The largest absolute Gasteiger partial charge is 0.465 e. The van der Waals surface area contributed by atoms with E-state index in [0.717, 1.165) is 47.7 Å². The lowest BCUT2D eigenvalue weighted by Gasteiger charge is -2.28. The molecule has 37 heavy (non-hydrogen) atoms. The number of thiophene rings is 1. The van der Waals surface area contributed by atoms with Gasteiger partial charge in [-0.15, -0.1) is 11.3 Å².